The van der Waals surface area contributed by atoms with Crippen LogP contribution < -0.4 is 4.74 Å². The van der Waals surface area contributed by atoms with Crippen molar-refractivity contribution in [2.24, 2.45) is 0 Å². The molecule has 0 atom stereocenters. The summed E-state index contributed by atoms with van der Waals surface area (Å²) in [5.74, 6) is 0.157. The number of Topliss-reactive ketones (excluding diaryl/α,β-unsaturated/α-hetero) is 1. The number of carbonyl (C=O) groups excluding carboxylic acids is 2. The van der Waals surface area contributed by atoms with Crippen molar-refractivity contribution in [3.63, 3.8) is 0 Å². The molecule has 1 aliphatic rings. The normalized spacial score (nSPS) is 15.3. The Kier molecular flexibility index (Phi) is 3.92. The lowest BCUT2D eigenvalue weighted by Gasteiger charge is -2.14. The van der Waals surface area contributed by atoms with E-state index < -0.39 is 0 Å². The molecule has 1 aromatic carbocycles. The van der Waals surface area contributed by atoms with Crippen molar-refractivity contribution in [3.05, 3.63) is 30.1 Å². The van der Waals surface area contributed by atoms with E-state index in [1.54, 1.807) is 12.1 Å². The quantitative estimate of drug-likeness (QED) is 0.587. The fourth-order valence-corrected chi connectivity index (χ4v) is 1.82. The minimum Gasteiger partial charge on any atom is -0.494 e. The molecule has 0 radical (unpaired) electrons. The molecule has 0 N–H and O–H groups in total. The van der Waals surface area contributed by atoms with Gasteiger partial charge in [0.15, 0.2) is 5.78 Å². The average Bonchev–Trinajstić information content (AvgIpc) is 2.66. The number of nitrogens with zero attached hydrogens (tertiary/aromatic N) is 1. The monoisotopic (exact) mass is 251 g/mol. The van der Waals surface area contributed by atoms with E-state index in [1.807, 2.05) is 0 Å². The molecule has 1 fully saturated rings. The molecule has 1 aliphatic heterocycles. The van der Waals surface area contributed by atoms with E-state index in [4.69, 9.17) is 4.74 Å². The Morgan fingerprint density at radius 2 is 1.94 bits per heavy atom. The van der Waals surface area contributed by atoms with Gasteiger partial charge in [0.1, 0.15) is 11.6 Å². The zero-order valence-corrected chi connectivity index (χ0v) is 9.89. The van der Waals surface area contributed by atoms with Crippen LogP contribution in [0.3, 0.4) is 0 Å². The van der Waals surface area contributed by atoms with Crippen LogP contribution in [0.15, 0.2) is 24.3 Å². The van der Waals surface area contributed by atoms with Crippen LogP contribution in [0, 0.1) is 5.82 Å². The summed E-state index contributed by atoms with van der Waals surface area (Å²) in [5, 5.41) is 0. The Bertz CT molecular complexity index is 444. The van der Waals surface area contributed by atoms with E-state index in [0.717, 1.165) is 0 Å². The highest BCUT2D eigenvalue weighted by molar-refractivity contribution is 6.05. The van der Waals surface area contributed by atoms with Gasteiger partial charge in [0.05, 0.1) is 19.6 Å². The van der Waals surface area contributed by atoms with Crippen molar-refractivity contribution >= 4 is 11.7 Å². The maximum atomic E-state index is 12.6. The third-order valence-corrected chi connectivity index (χ3v) is 2.72. The molecule has 1 aromatic rings. The number of ether oxygens (including phenoxy) is 1. The van der Waals surface area contributed by atoms with Gasteiger partial charge in [-0.05, 0) is 30.7 Å². The second kappa shape index (κ2) is 5.62. The van der Waals surface area contributed by atoms with E-state index >= 15 is 0 Å². The average molecular weight is 251 g/mol. The van der Waals surface area contributed by atoms with Crippen LogP contribution in [0.5, 0.6) is 5.75 Å². The van der Waals surface area contributed by atoms with E-state index in [9.17, 15) is 14.0 Å². The fourth-order valence-electron chi connectivity index (χ4n) is 1.82. The van der Waals surface area contributed by atoms with Crippen molar-refractivity contribution in [2.45, 2.75) is 12.8 Å². The SMILES string of the molecule is O=C1CC(=O)N(CCCOc2ccc(F)cc2)C1. The first-order chi connectivity index (χ1) is 8.65. The number of ketones is 1. The van der Waals surface area contributed by atoms with Gasteiger partial charge in [-0.2, -0.15) is 0 Å². The van der Waals surface area contributed by atoms with Crippen molar-refractivity contribution in [1.29, 1.82) is 0 Å². The molecule has 0 bridgehead atoms. The van der Waals surface area contributed by atoms with Crippen molar-refractivity contribution in [1.82, 2.24) is 4.90 Å². The molecule has 0 spiro atoms. The summed E-state index contributed by atoms with van der Waals surface area (Å²) in [7, 11) is 0. The van der Waals surface area contributed by atoms with E-state index in [1.165, 1.54) is 17.0 Å². The Hall–Kier alpha value is -1.91. The third kappa shape index (κ3) is 3.29. The number of hydrogen-bond acceptors (Lipinski definition) is 3. The molecular formula is C13H14FNO3. The van der Waals surface area contributed by atoms with Crippen molar-refractivity contribution in [3.8, 4) is 5.75 Å². The smallest absolute Gasteiger partial charge is 0.230 e. The maximum absolute atomic E-state index is 12.6. The zero-order chi connectivity index (χ0) is 13.0. The molecule has 0 saturated carbocycles. The highest BCUT2D eigenvalue weighted by Gasteiger charge is 2.26. The fraction of sp³-hybridized carbons (Fsp3) is 0.385. The molecule has 1 amide bonds. The molecule has 1 saturated heterocycles. The van der Waals surface area contributed by atoms with Crippen LogP contribution in [-0.2, 0) is 9.59 Å². The Balaban J connectivity index is 1.68. The predicted octanol–water partition coefficient (Wildman–Crippen LogP) is 1.40. The molecule has 1 heterocycles. The van der Waals surface area contributed by atoms with Gasteiger partial charge in [-0.1, -0.05) is 0 Å². The first-order valence-electron chi connectivity index (χ1n) is 5.83. The number of halogens is 1. The second-order valence-electron chi connectivity index (χ2n) is 4.19. The lowest BCUT2D eigenvalue weighted by Crippen LogP contribution is -2.27. The van der Waals surface area contributed by atoms with E-state index in [0.29, 0.717) is 25.3 Å². The minimum atomic E-state index is -0.302. The summed E-state index contributed by atoms with van der Waals surface area (Å²) >= 11 is 0. The molecular weight excluding hydrogens is 237 g/mol. The van der Waals surface area contributed by atoms with Gasteiger partial charge in [-0.3, -0.25) is 9.59 Å². The van der Waals surface area contributed by atoms with Gasteiger partial charge in [0, 0.05) is 6.54 Å². The van der Waals surface area contributed by atoms with Crippen LogP contribution in [0.25, 0.3) is 0 Å². The lowest BCUT2D eigenvalue weighted by atomic mass is 10.3. The number of benzene rings is 1. The van der Waals surface area contributed by atoms with Crippen LogP contribution in [0.1, 0.15) is 12.8 Å². The molecule has 2 rings (SSSR count). The summed E-state index contributed by atoms with van der Waals surface area (Å²) < 4.78 is 18.0. The van der Waals surface area contributed by atoms with E-state index in [2.05, 4.69) is 0 Å². The lowest BCUT2D eigenvalue weighted by molar-refractivity contribution is -0.127. The van der Waals surface area contributed by atoms with E-state index in [-0.39, 0.29) is 30.5 Å². The molecule has 18 heavy (non-hydrogen) atoms. The van der Waals surface area contributed by atoms with Gasteiger partial charge < -0.3 is 9.64 Å². The summed E-state index contributed by atoms with van der Waals surface area (Å²) in [6.45, 7) is 1.17. The highest BCUT2D eigenvalue weighted by atomic mass is 19.1. The Morgan fingerprint density at radius 1 is 1.22 bits per heavy atom. The molecule has 4 nitrogen and oxygen atoms in total. The number of rotatable bonds is 5. The van der Waals surface area contributed by atoms with Gasteiger partial charge in [-0.25, -0.2) is 4.39 Å². The Labute approximate surface area is 104 Å². The highest BCUT2D eigenvalue weighted by Crippen LogP contribution is 2.12. The van der Waals surface area contributed by atoms with Crippen LogP contribution >= 0.6 is 0 Å². The van der Waals surface area contributed by atoms with Gasteiger partial charge in [0.25, 0.3) is 0 Å². The largest absolute Gasteiger partial charge is 0.494 e. The van der Waals surface area contributed by atoms with Crippen molar-refractivity contribution in [2.75, 3.05) is 19.7 Å². The summed E-state index contributed by atoms with van der Waals surface area (Å²) in [6, 6.07) is 5.77. The zero-order valence-electron chi connectivity index (χ0n) is 9.89. The first kappa shape index (κ1) is 12.5. The number of likely N-dealkylation sites (tertiary alicyclic amines) is 1. The first-order valence-corrected chi connectivity index (χ1v) is 5.83. The molecule has 0 aromatic heterocycles. The number of amides is 1. The maximum Gasteiger partial charge on any atom is 0.230 e. The van der Waals surface area contributed by atoms with Crippen LogP contribution in [0.4, 0.5) is 4.39 Å². The van der Waals surface area contributed by atoms with Crippen LogP contribution in [0.2, 0.25) is 0 Å². The standard InChI is InChI=1S/C13H14FNO3/c14-10-2-4-12(5-3-10)18-7-1-6-15-9-11(16)8-13(15)17/h2-5H,1,6-9H2. The number of hydrogen-bond donors (Lipinski definition) is 0. The van der Waals surface area contributed by atoms with Crippen molar-refractivity contribution < 1.29 is 18.7 Å². The third-order valence-electron chi connectivity index (χ3n) is 2.72. The van der Waals surface area contributed by atoms with Crippen LogP contribution in [-0.4, -0.2) is 36.3 Å². The molecule has 0 aliphatic carbocycles. The molecule has 0 unspecified atom stereocenters. The predicted molar refractivity (Wildman–Crippen MR) is 62.7 cm³/mol. The minimum absolute atomic E-state index is 0.0266. The van der Waals surface area contributed by atoms with Gasteiger partial charge in [-0.15, -0.1) is 0 Å². The summed E-state index contributed by atoms with van der Waals surface area (Å²) in [4.78, 5) is 23.9. The molecule has 5 heteroatoms. The molecule has 96 valence electrons. The van der Waals surface area contributed by atoms with Gasteiger partial charge in [0.2, 0.25) is 5.91 Å². The topological polar surface area (TPSA) is 46.6 Å². The number of carbonyl (C=O) groups is 2. The summed E-state index contributed by atoms with van der Waals surface area (Å²) in [6.07, 6.45) is 0.676. The second-order valence-corrected chi connectivity index (χ2v) is 4.19. The Morgan fingerprint density at radius 3 is 2.56 bits per heavy atom. The summed E-state index contributed by atoms with van der Waals surface area (Å²) in [5.41, 5.74) is 0. The van der Waals surface area contributed by atoms with Gasteiger partial charge >= 0.3 is 0 Å².